The molecule has 1 unspecified atom stereocenters. The first-order valence-electron chi connectivity index (χ1n) is 5.29. The van der Waals surface area contributed by atoms with Crippen molar-refractivity contribution >= 4 is 15.9 Å². The molecule has 2 N–H and O–H groups in total. The molecular formula is C12H16BrNO. The lowest BCUT2D eigenvalue weighted by molar-refractivity contribution is 0.316. The maximum Gasteiger partial charge on any atom is 0.124 e. The second-order valence-corrected chi connectivity index (χ2v) is 4.93. The summed E-state index contributed by atoms with van der Waals surface area (Å²) in [6, 6.07) is 2.19. The van der Waals surface area contributed by atoms with Crippen molar-refractivity contribution in [2.24, 2.45) is 5.73 Å². The molecule has 1 atom stereocenters. The maximum absolute atomic E-state index is 6.17. The lowest BCUT2D eigenvalue weighted by Crippen LogP contribution is -2.11. The molecule has 1 heterocycles. The molecule has 2 nitrogen and oxygen atoms in total. The van der Waals surface area contributed by atoms with Crippen LogP contribution in [0, 0.1) is 13.8 Å². The molecule has 0 spiro atoms. The first-order valence-corrected chi connectivity index (χ1v) is 6.08. The third-order valence-corrected chi connectivity index (χ3v) is 4.20. The van der Waals surface area contributed by atoms with Gasteiger partial charge in [0.1, 0.15) is 5.75 Å². The van der Waals surface area contributed by atoms with Gasteiger partial charge in [0.25, 0.3) is 0 Å². The zero-order valence-electron chi connectivity index (χ0n) is 9.14. The minimum Gasteiger partial charge on any atom is -0.493 e. The number of hydrogen-bond donors (Lipinski definition) is 1. The predicted molar refractivity (Wildman–Crippen MR) is 65.3 cm³/mol. The Bertz CT molecular complexity index is 390. The van der Waals surface area contributed by atoms with E-state index in [-0.39, 0.29) is 6.04 Å². The summed E-state index contributed by atoms with van der Waals surface area (Å²) in [5.41, 5.74) is 9.77. The molecule has 1 aromatic rings. The molecule has 1 aliphatic rings. The van der Waals surface area contributed by atoms with Crippen LogP contribution in [-0.4, -0.2) is 6.61 Å². The Balaban J connectivity index is 2.61. The molecule has 0 bridgehead atoms. The number of nitrogens with two attached hydrogens (primary N) is 1. The number of halogens is 1. The summed E-state index contributed by atoms with van der Waals surface area (Å²) in [5, 5.41) is 0. The third kappa shape index (κ3) is 1.91. The molecule has 0 radical (unpaired) electrons. The Labute approximate surface area is 98.9 Å². The van der Waals surface area contributed by atoms with E-state index >= 15 is 0 Å². The first kappa shape index (κ1) is 11.0. The van der Waals surface area contributed by atoms with Gasteiger partial charge < -0.3 is 10.5 Å². The minimum absolute atomic E-state index is 0.111. The standard InChI is InChI=1S/C12H16BrNO/c1-7-6-10-11(8(2)12(7)13)9(14)4-3-5-15-10/h6,9H,3-5,14H2,1-2H3. The number of benzene rings is 1. The van der Waals surface area contributed by atoms with Gasteiger partial charge in [0.15, 0.2) is 0 Å². The van der Waals surface area contributed by atoms with Crippen LogP contribution in [0.1, 0.15) is 35.6 Å². The smallest absolute Gasteiger partial charge is 0.124 e. The van der Waals surface area contributed by atoms with E-state index in [1.807, 2.05) is 0 Å². The van der Waals surface area contributed by atoms with Crippen LogP contribution in [0.4, 0.5) is 0 Å². The molecule has 0 amide bonds. The van der Waals surface area contributed by atoms with Gasteiger partial charge in [-0.2, -0.15) is 0 Å². The number of fused-ring (bicyclic) bond motifs is 1. The summed E-state index contributed by atoms with van der Waals surface area (Å²) in [4.78, 5) is 0. The lowest BCUT2D eigenvalue weighted by Gasteiger charge is -2.17. The van der Waals surface area contributed by atoms with Gasteiger partial charge in [-0.3, -0.25) is 0 Å². The van der Waals surface area contributed by atoms with Crippen molar-refractivity contribution in [1.29, 1.82) is 0 Å². The number of ether oxygens (including phenoxy) is 1. The van der Waals surface area contributed by atoms with Gasteiger partial charge in [-0.1, -0.05) is 15.9 Å². The molecule has 1 aliphatic heterocycles. The van der Waals surface area contributed by atoms with E-state index in [2.05, 4.69) is 35.8 Å². The zero-order valence-corrected chi connectivity index (χ0v) is 10.7. The van der Waals surface area contributed by atoms with Crippen molar-refractivity contribution in [3.05, 3.63) is 27.2 Å². The third-order valence-electron chi connectivity index (χ3n) is 2.98. The van der Waals surface area contributed by atoms with Crippen LogP contribution in [0.3, 0.4) is 0 Å². The van der Waals surface area contributed by atoms with Crippen molar-refractivity contribution in [2.45, 2.75) is 32.7 Å². The summed E-state index contributed by atoms with van der Waals surface area (Å²) in [6.45, 7) is 4.96. The lowest BCUT2D eigenvalue weighted by atomic mass is 9.96. The summed E-state index contributed by atoms with van der Waals surface area (Å²) in [7, 11) is 0. The SMILES string of the molecule is Cc1cc2c(c(C)c1Br)C(N)CCCO2. The fourth-order valence-electron chi connectivity index (χ4n) is 2.15. The van der Waals surface area contributed by atoms with E-state index in [9.17, 15) is 0 Å². The summed E-state index contributed by atoms with van der Waals surface area (Å²) >= 11 is 3.60. The predicted octanol–water partition coefficient (Wildman–Crippen LogP) is 3.24. The highest BCUT2D eigenvalue weighted by molar-refractivity contribution is 9.10. The number of hydrogen-bond acceptors (Lipinski definition) is 2. The van der Waals surface area contributed by atoms with Crippen LogP contribution in [0.15, 0.2) is 10.5 Å². The number of aryl methyl sites for hydroxylation is 1. The molecule has 82 valence electrons. The first-order chi connectivity index (χ1) is 7.11. The molecule has 1 aromatic carbocycles. The van der Waals surface area contributed by atoms with Crippen molar-refractivity contribution in [3.8, 4) is 5.75 Å². The van der Waals surface area contributed by atoms with E-state index < -0.39 is 0 Å². The van der Waals surface area contributed by atoms with Gasteiger partial charge in [0.05, 0.1) is 6.61 Å². The Kier molecular flexibility index (Phi) is 3.03. The summed E-state index contributed by atoms with van der Waals surface area (Å²) in [5.74, 6) is 0.971. The van der Waals surface area contributed by atoms with Gasteiger partial charge in [-0.15, -0.1) is 0 Å². The van der Waals surface area contributed by atoms with Crippen molar-refractivity contribution in [1.82, 2.24) is 0 Å². The highest BCUT2D eigenvalue weighted by Gasteiger charge is 2.20. The highest BCUT2D eigenvalue weighted by atomic mass is 79.9. The molecule has 0 saturated carbocycles. The molecule has 0 saturated heterocycles. The van der Waals surface area contributed by atoms with Gasteiger partial charge in [0.2, 0.25) is 0 Å². The van der Waals surface area contributed by atoms with Gasteiger partial charge in [-0.05, 0) is 43.9 Å². The zero-order chi connectivity index (χ0) is 11.0. The van der Waals surface area contributed by atoms with Crippen LogP contribution >= 0.6 is 15.9 Å². The van der Waals surface area contributed by atoms with Crippen LogP contribution in [0.5, 0.6) is 5.75 Å². The molecule has 15 heavy (non-hydrogen) atoms. The monoisotopic (exact) mass is 269 g/mol. The Morgan fingerprint density at radius 3 is 2.93 bits per heavy atom. The van der Waals surface area contributed by atoms with Crippen molar-refractivity contribution in [2.75, 3.05) is 6.61 Å². The molecule has 3 heteroatoms. The summed E-state index contributed by atoms with van der Waals surface area (Å²) in [6.07, 6.45) is 2.04. The van der Waals surface area contributed by atoms with E-state index in [0.717, 1.165) is 29.7 Å². The topological polar surface area (TPSA) is 35.2 Å². The van der Waals surface area contributed by atoms with E-state index in [0.29, 0.717) is 0 Å². The van der Waals surface area contributed by atoms with Crippen molar-refractivity contribution in [3.63, 3.8) is 0 Å². The van der Waals surface area contributed by atoms with E-state index in [4.69, 9.17) is 10.5 Å². The molecule has 0 aliphatic carbocycles. The van der Waals surface area contributed by atoms with Crippen LogP contribution in [0.2, 0.25) is 0 Å². The summed E-state index contributed by atoms with van der Waals surface area (Å²) < 4.78 is 6.89. The fraction of sp³-hybridized carbons (Fsp3) is 0.500. The van der Waals surface area contributed by atoms with Crippen LogP contribution < -0.4 is 10.5 Å². The highest BCUT2D eigenvalue weighted by Crippen LogP contribution is 2.38. The molecule has 0 fully saturated rings. The molecule has 2 rings (SSSR count). The van der Waals surface area contributed by atoms with E-state index in [1.54, 1.807) is 0 Å². The Morgan fingerprint density at radius 1 is 1.47 bits per heavy atom. The minimum atomic E-state index is 0.111. The van der Waals surface area contributed by atoms with Crippen LogP contribution in [0.25, 0.3) is 0 Å². The van der Waals surface area contributed by atoms with Crippen molar-refractivity contribution < 1.29 is 4.74 Å². The quantitative estimate of drug-likeness (QED) is 0.785. The van der Waals surface area contributed by atoms with Gasteiger partial charge in [-0.25, -0.2) is 0 Å². The average Bonchev–Trinajstić information content (AvgIpc) is 2.37. The fourth-order valence-corrected chi connectivity index (χ4v) is 2.47. The van der Waals surface area contributed by atoms with E-state index in [1.165, 1.54) is 16.7 Å². The maximum atomic E-state index is 6.17. The largest absolute Gasteiger partial charge is 0.493 e. The van der Waals surface area contributed by atoms with Gasteiger partial charge in [0, 0.05) is 16.1 Å². The number of rotatable bonds is 0. The molecule has 0 aromatic heterocycles. The second kappa shape index (κ2) is 4.14. The molecular weight excluding hydrogens is 254 g/mol. The Hall–Kier alpha value is -0.540. The normalized spacial score (nSPS) is 20.4. The second-order valence-electron chi connectivity index (χ2n) is 4.14. The van der Waals surface area contributed by atoms with Crippen LogP contribution in [-0.2, 0) is 0 Å². The van der Waals surface area contributed by atoms with Gasteiger partial charge >= 0.3 is 0 Å². The Morgan fingerprint density at radius 2 is 2.20 bits per heavy atom. The average molecular weight is 270 g/mol.